The third kappa shape index (κ3) is 3.30. The van der Waals surface area contributed by atoms with Gasteiger partial charge in [0.2, 0.25) is 0 Å². The molecule has 0 radical (unpaired) electrons. The summed E-state index contributed by atoms with van der Waals surface area (Å²) in [5.74, 6) is 0. The van der Waals surface area contributed by atoms with Crippen molar-refractivity contribution in [2.24, 2.45) is 0 Å². The predicted octanol–water partition coefficient (Wildman–Crippen LogP) is 1.32. The molecule has 0 aromatic rings. The van der Waals surface area contributed by atoms with Crippen LogP contribution in [0.3, 0.4) is 0 Å². The zero-order chi connectivity index (χ0) is 12.3. The van der Waals surface area contributed by atoms with Gasteiger partial charge in [0.15, 0.2) is 0 Å². The summed E-state index contributed by atoms with van der Waals surface area (Å²) >= 11 is 0. The van der Waals surface area contributed by atoms with E-state index in [2.05, 4.69) is 35.5 Å². The number of piperazine rings is 1. The van der Waals surface area contributed by atoms with E-state index >= 15 is 0 Å². The third-order valence-corrected chi connectivity index (χ3v) is 4.12. The van der Waals surface area contributed by atoms with E-state index in [1.807, 2.05) is 0 Å². The van der Waals surface area contributed by atoms with Crippen molar-refractivity contribution in [1.82, 2.24) is 15.1 Å². The van der Waals surface area contributed by atoms with Gasteiger partial charge in [-0.15, -0.1) is 0 Å². The molecule has 0 saturated carbocycles. The molecule has 2 aliphatic rings. The number of hydrogen-bond acceptors (Lipinski definition) is 3. The maximum absolute atomic E-state index is 4.19. The normalized spacial score (nSPS) is 30.5. The molecule has 3 heteroatoms. The van der Waals surface area contributed by atoms with E-state index in [9.17, 15) is 0 Å². The van der Waals surface area contributed by atoms with Gasteiger partial charge in [-0.1, -0.05) is 13.5 Å². The molecular weight excluding hydrogens is 210 g/mol. The van der Waals surface area contributed by atoms with Crippen LogP contribution in [0.4, 0.5) is 0 Å². The lowest BCUT2D eigenvalue weighted by Gasteiger charge is -2.42. The van der Waals surface area contributed by atoms with Crippen LogP contribution >= 0.6 is 0 Å². The van der Waals surface area contributed by atoms with E-state index in [0.29, 0.717) is 6.04 Å². The van der Waals surface area contributed by atoms with E-state index in [1.54, 1.807) is 0 Å². The molecule has 2 rings (SSSR count). The zero-order valence-corrected chi connectivity index (χ0v) is 11.4. The number of likely N-dealkylation sites (N-methyl/N-ethyl adjacent to an activating group) is 1. The van der Waals surface area contributed by atoms with Crippen LogP contribution in [0, 0.1) is 0 Å². The van der Waals surface area contributed by atoms with Gasteiger partial charge in [0.05, 0.1) is 0 Å². The van der Waals surface area contributed by atoms with Gasteiger partial charge in [-0.3, -0.25) is 9.80 Å². The third-order valence-electron chi connectivity index (χ3n) is 4.12. The van der Waals surface area contributed by atoms with Crippen molar-refractivity contribution in [2.75, 3.05) is 39.3 Å². The van der Waals surface area contributed by atoms with Gasteiger partial charge in [-0.2, -0.15) is 0 Å². The molecule has 2 atom stereocenters. The Hall–Kier alpha value is -0.380. The first-order chi connectivity index (χ1) is 8.20. The van der Waals surface area contributed by atoms with E-state index in [-0.39, 0.29) is 0 Å². The van der Waals surface area contributed by atoms with Crippen LogP contribution in [0.1, 0.15) is 26.7 Å². The first-order valence-corrected chi connectivity index (χ1v) is 7.06. The summed E-state index contributed by atoms with van der Waals surface area (Å²) in [6, 6.07) is 1.50. The Morgan fingerprint density at radius 3 is 3.00 bits per heavy atom. The van der Waals surface area contributed by atoms with E-state index in [4.69, 9.17) is 0 Å². The Morgan fingerprint density at radius 2 is 2.24 bits per heavy atom. The SMILES string of the molecule is C=C(CNCC)CN1CC2CCCN2CC1C. The van der Waals surface area contributed by atoms with Crippen LogP contribution in [0.25, 0.3) is 0 Å². The number of nitrogens with one attached hydrogen (secondary N) is 1. The molecule has 2 heterocycles. The van der Waals surface area contributed by atoms with Gasteiger partial charge in [0, 0.05) is 38.3 Å². The summed E-state index contributed by atoms with van der Waals surface area (Å²) in [5, 5.41) is 3.36. The molecule has 2 unspecified atom stereocenters. The van der Waals surface area contributed by atoms with Gasteiger partial charge in [0.25, 0.3) is 0 Å². The van der Waals surface area contributed by atoms with E-state index < -0.39 is 0 Å². The molecule has 98 valence electrons. The Balaban J connectivity index is 1.81. The first-order valence-electron chi connectivity index (χ1n) is 7.06. The van der Waals surface area contributed by atoms with Crippen LogP contribution in [0.5, 0.6) is 0 Å². The van der Waals surface area contributed by atoms with E-state index in [0.717, 1.165) is 25.7 Å². The van der Waals surface area contributed by atoms with Crippen LogP contribution in [-0.2, 0) is 0 Å². The molecule has 2 fully saturated rings. The topological polar surface area (TPSA) is 18.5 Å². The van der Waals surface area contributed by atoms with Crippen LogP contribution in [0.15, 0.2) is 12.2 Å². The van der Waals surface area contributed by atoms with Crippen molar-refractivity contribution in [1.29, 1.82) is 0 Å². The lowest BCUT2D eigenvalue weighted by molar-refractivity contribution is 0.0663. The Kier molecular flexibility index (Phi) is 4.60. The van der Waals surface area contributed by atoms with Crippen molar-refractivity contribution < 1.29 is 0 Å². The molecule has 0 spiro atoms. The fourth-order valence-corrected chi connectivity index (χ4v) is 3.11. The summed E-state index contributed by atoms with van der Waals surface area (Å²) in [6.07, 6.45) is 2.78. The number of hydrogen-bond donors (Lipinski definition) is 1. The molecule has 0 aromatic carbocycles. The second-order valence-electron chi connectivity index (χ2n) is 5.60. The molecule has 0 aliphatic carbocycles. The number of fused-ring (bicyclic) bond motifs is 1. The average Bonchev–Trinajstić information content (AvgIpc) is 2.74. The molecule has 0 bridgehead atoms. The lowest BCUT2D eigenvalue weighted by atomic mass is 10.1. The highest BCUT2D eigenvalue weighted by Crippen LogP contribution is 2.24. The highest BCUT2D eigenvalue weighted by atomic mass is 15.3. The summed E-state index contributed by atoms with van der Waals surface area (Å²) in [6.45, 7) is 15.6. The summed E-state index contributed by atoms with van der Waals surface area (Å²) < 4.78 is 0. The summed E-state index contributed by atoms with van der Waals surface area (Å²) in [7, 11) is 0. The fraction of sp³-hybridized carbons (Fsp3) is 0.857. The highest BCUT2D eigenvalue weighted by molar-refractivity contribution is 5.03. The Bertz CT molecular complexity index is 264. The molecule has 2 saturated heterocycles. The zero-order valence-electron chi connectivity index (χ0n) is 11.4. The molecule has 3 nitrogen and oxygen atoms in total. The molecule has 0 aromatic heterocycles. The maximum atomic E-state index is 4.19. The van der Waals surface area contributed by atoms with Gasteiger partial charge in [-0.05, 0) is 38.4 Å². The minimum Gasteiger partial charge on any atom is -0.313 e. The van der Waals surface area contributed by atoms with Crippen molar-refractivity contribution >= 4 is 0 Å². The highest BCUT2D eigenvalue weighted by Gasteiger charge is 2.34. The fourth-order valence-electron chi connectivity index (χ4n) is 3.11. The molecule has 0 amide bonds. The maximum Gasteiger partial charge on any atom is 0.0224 e. The van der Waals surface area contributed by atoms with E-state index in [1.165, 1.54) is 38.0 Å². The summed E-state index contributed by atoms with van der Waals surface area (Å²) in [5.41, 5.74) is 1.32. The van der Waals surface area contributed by atoms with Gasteiger partial charge in [0.1, 0.15) is 0 Å². The minimum absolute atomic E-state index is 0.683. The largest absolute Gasteiger partial charge is 0.313 e. The first kappa shape index (κ1) is 13.1. The molecule has 2 aliphatic heterocycles. The minimum atomic E-state index is 0.683. The van der Waals surface area contributed by atoms with Crippen molar-refractivity contribution in [3.8, 4) is 0 Å². The van der Waals surface area contributed by atoms with Crippen molar-refractivity contribution in [3.05, 3.63) is 12.2 Å². The predicted molar refractivity (Wildman–Crippen MR) is 73.3 cm³/mol. The lowest BCUT2D eigenvalue weighted by Crippen LogP contribution is -2.55. The van der Waals surface area contributed by atoms with Crippen LogP contribution in [0.2, 0.25) is 0 Å². The smallest absolute Gasteiger partial charge is 0.0224 e. The van der Waals surface area contributed by atoms with Gasteiger partial charge in [-0.25, -0.2) is 0 Å². The molecule has 17 heavy (non-hydrogen) atoms. The van der Waals surface area contributed by atoms with Crippen molar-refractivity contribution in [2.45, 2.75) is 38.8 Å². The Labute approximate surface area is 106 Å². The van der Waals surface area contributed by atoms with Crippen LogP contribution in [-0.4, -0.2) is 61.2 Å². The van der Waals surface area contributed by atoms with Gasteiger partial charge < -0.3 is 5.32 Å². The quantitative estimate of drug-likeness (QED) is 0.728. The van der Waals surface area contributed by atoms with Crippen molar-refractivity contribution in [3.63, 3.8) is 0 Å². The number of nitrogens with zero attached hydrogens (tertiary/aromatic N) is 2. The average molecular weight is 237 g/mol. The number of rotatable bonds is 5. The molecular formula is C14H27N3. The van der Waals surface area contributed by atoms with Gasteiger partial charge >= 0.3 is 0 Å². The van der Waals surface area contributed by atoms with Crippen LogP contribution < -0.4 is 5.32 Å². The molecule has 1 N–H and O–H groups in total. The second-order valence-corrected chi connectivity index (χ2v) is 5.60. The monoisotopic (exact) mass is 237 g/mol. The standard InChI is InChI=1S/C14H27N3/c1-4-15-8-12(2)9-17-11-14-6-5-7-16(14)10-13(17)3/h13-15H,2,4-11H2,1,3H3. The summed E-state index contributed by atoms with van der Waals surface area (Å²) in [4.78, 5) is 5.29. The second kappa shape index (κ2) is 5.98. The Morgan fingerprint density at radius 1 is 1.41 bits per heavy atom.